The van der Waals surface area contributed by atoms with Gasteiger partial charge < -0.3 is 5.32 Å². The van der Waals surface area contributed by atoms with E-state index in [0.29, 0.717) is 15.7 Å². The molecule has 1 amide bonds. The zero-order chi connectivity index (χ0) is 14.4. The molecule has 102 valence electrons. The molecule has 1 N–H and O–H groups in total. The number of nitrogens with one attached hydrogen (secondary N) is 1. The van der Waals surface area contributed by atoms with Gasteiger partial charge in [-0.05, 0) is 40.5 Å². The topological polar surface area (TPSA) is 80.3 Å². The minimum absolute atomic E-state index is 0.136. The summed E-state index contributed by atoms with van der Waals surface area (Å²) in [6.45, 7) is 1.36. The number of benzene rings is 1. The number of Topliss-reactive ketones (excluding diaryl/α,β-unsaturated/α-hetero) is 1. The highest BCUT2D eigenvalue weighted by Crippen LogP contribution is 2.31. The molecule has 0 bridgehead atoms. The number of ketones is 1. The monoisotopic (exact) mass is 345 g/mol. The third-order valence-corrected chi connectivity index (χ3v) is 5.25. The molecular formula is C12H12BrNO4S. The Kier molecular flexibility index (Phi) is 3.53. The molecule has 0 saturated heterocycles. The molecule has 0 aromatic heterocycles. The van der Waals surface area contributed by atoms with E-state index >= 15 is 0 Å². The molecule has 19 heavy (non-hydrogen) atoms. The molecular weight excluding hydrogens is 334 g/mol. The number of hydrogen-bond acceptors (Lipinski definition) is 4. The first-order valence-corrected chi connectivity index (χ1v) is 8.30. The van der Waals surface area contributed by atoms with Crippen LogP contribution in [0.3, 0.4) is 0 Å². The Morgan fingerprint density at radius 3 is 2.63 bits per heavy atom. The summed E-state index contributed by atoms with van der Waals surface area (Å²) in [4.78, 5) is 23.5. The normalized spacial score (nSPS) is 15.8. The average molecular weight is 346 g/mol. The molecule has 0 aliphatic carbocycles. The molecule has 0 spiro atoms. The Morgan fingerprint density at radius 1 is 1.42 bits per heavy atom. The van der Waals surface area contributed by atoms with Crippen molar-refractivity contribution in [2.75, 3.05) is 11.6 Å². The van der Waals surface area contributed by atoms with Gasteiger partial charge in [-0.2, -0.15) is 0 Å². The van der Waals surface area contributed by atoms with E-state index in [-0.39, 0.29) is 17.9 Å². The van der Waals surface area contributed by atoms with Gasteiger partial charge in [-0.15, -0.1) is 0 Å². The molecule has 5 nitrogen and oxygen atoms in total. The minimum Gasteiger partial charge on any atom is -0.325 e. The summed E-state index contributed by atoms with van der Waals surface area (Å²) < 4.78 is 23.4. The maximum Gasteiger partial charge on any atom is 0.228 e. The van der Waals surface area contributed by atoms with Crippen molar-refractivity contribution in [3.8, 4) is 0 Å². The van der Waals surface area contributed by atoms with Gasteiger partial charge in [-0.25, -0.2) is 8.42 Å². The lowest BCUT2D eigenvalue weighted by atomic mass is 10.0. The Labute approximate surface area is 119 Å². The van der Waals surface area contributed by atoms with Gasteiger partial charge in [0.2, 0.25) is 5.91 Å². The fourth-order valence-corrected chi connectivity index (χ4v) is 2.90. The second-order valence-corrected chi connectivity index (χ2v) is 7.77. The van der Waals surface area contributed by atoms with Crippen LogP contribution in [0, 0.1) is 0 Å². The van der Waals surface area contributed by atoms with Crippen LogP contribution in [0.15, 0.2) is 16.6 Å². The van der Waals surface area contributed by atoms with Gasteiger partial charge in [-0.1, -0.05) is 0 Å². The third-order valence-electron chi connectivity index (χ3n) is 3.09. The number of rotatable bonds is 3. The van der Waals surface area contributed by atoms with Crippen LogP contribution in [0.4, 0.5) is 5.69 Å². The molecule has 2 rings (SSSR count). The quantitative estimate of drug-likeness (QED) is 0.843. The van der Waals surface area contributed by atoms with E-state index in [4.69, 9.17) is 0 Å². The Morgan fingerprint density at radius 2 is 2.05 bits per heavy atom. The van der Waals surface area contributed by atoms with Crippen molar-refractivity contribution in [2.45, 2.75) is 18.6 Å². The number of carbonyl (C=O) groups excluding carboxylic acids is 2. The zero-order valence-corrected chi connectivity index (χ0v) is 12.8. The lowest BCUT2D eigenvalue weighted by Crippen LogP contribution is -2.26. The van der Waals surface area contributed by atoms with Crippen LogP contribution in [0.25, 0.3) is 0 Å². The van der Waals surface area contributed by atoms with Crippen LogP contribution in [0.5, 0.6) is 0 Å². The van der Waals surface area contributed by atoms with Crippen molar-refractivity contribution >= 4 is 43.1 Å². The highest BCUT2D eigenvalue weighted by Gasteiger charge is 2.28. The summed E-state index contributed by atoms with van der Waals surface area (Å²) in [7, 11) is -3.44. The molecule has 1 aliphatic heterocycles. The van der Waals surface area contributed by atoms with Crippen molar-refractivity contribution in [3.63, 3.8) is 0 Å². The van der Waals surface area contributed by atoms with Crippen LogP contribution in [-0.4, -0.2) is 31.6 Å². The highest BCUT2D eigenvalue weighted by atomic mass is 79.9. The summed E-state index contributed by atoms with van der Waals surface area (Å²) in [5.41, 5.74) is 1.64. The predicted octanol–water partition coefficient (Wildman–Crippen LogP) is 1.56. The van der Waals surface area contributed by atoms with E-state index in [1.807, 2.05) is 0 Å². The van der Waals surface area contributed by atoms with Gasteiger partial charge in [0.05, 0.1) is 6.42 Å². The van der Waals surface area contributed by atoms with E-state index in [9.17, 15) is 18.0 Å². The summed E-state index contributed by atoms with van der Waals surface area (Å²) in [6.07, 6.45) is 1.23. The third kappa shape index (κ3) is 2.71. The van der Waals surface area contributed by atoms with Crippen molar-refractivity contribution in [1.29, 1.82) is 0 Å². The molecule has 1 unspecified atom stereocenters. The Bertz CT molecular complexity index is 681. The van der Waals surface area contributed by atoms with Crippen LogP contribution in [0.1, 0.15) is 22.8 Å². The van der Waals surface area contributed by atoms with E-state index in [0.717, 1.165) is 6.26 Å². The highest BCUT2D eigenvalue weighted by molar-refractivity contribution is 9.10. The summed E-state index contributed by atoms with van der Waals surface area (Å²) in [5.74, 6) is -0.612. The number of halogens is 1. The molecule has 1 aromatic rings. The van der Waals surface area contributed by atoms with Gasteiger partial charge >= 0.3 is 0 Å². The minimum atomic E-state index is -3.44. The summed E-state index contributed by atoms with van der Waals surface area (Å²) >= 11 is 3.24. The van der Waals surface area contributed by atoms with Crippen molar-refractivity contribution in [2.24, 2.45) is 0 Å². The fraction of sp³-hybridized carbons (Fsp3) is 0.333. The van der Waals surface area contributed by atoms with Crippen LogP contribution in [0.2, 0.25) is 0 Å². The van der Waals surface area contributed by atoms with Gasteiger partial charge in [0.15, 0.2) is 15.6 Å². The Hall–Kier alpha value is -1.21. The lowest BCUT2D eigenvalue weighted by molar-refractivity contribution is -0.115. The standard InChI is InChI=1S/C12H12BrNO4S/c1-6(19(2,17)18)12(16)8-3-7-4-11(15)14-10(7)5-9(8)13/h3,5-6H,4H2,1-2H3,(H,14,15). The second-order valence-electron chi connectivity index (χ2n) is 4.55. The first-order chi connectivity index (χ1) is 8.70. The smallest absolute Gasteiger partial charge is 0.228 e. The molecule has 0 radical (unpaired) electrons. The number of amides is 1. The molecule has 1 aliphatic rings. The molecule has 1 heterocycles. The zero-order valence-electron chi connectivity index (χ0n) is 10.4. The number of hydrogen-bond donors (Lipinski definition) is 1. The number of fused-ring (bicyclic) bond motifs is 1. The number of carbonyl (C=O) groups is 2. The Balaban J connectivity index is 2.45. The van der Waals surface area contributed by atoms with Crippen molar-refractivity contribution in [1.82, 2.24) is 0 Å². The first kappa shape index (κ1) is 14.2. The van der Waals surface area contributed by atoms with E-state index in [1.165, 1.54) is 6.92 Å². The van der Waals surface area contributed by atoms with Crippen molar-refractivity contribution in [3.05, 3.63) is 27.7 Å². The first-order valence-electron chi connectivity index (χ1n) is 5.55. The van der Waals surface area contributed by atoms with Crippen LogP contribution >= 0.6 is 15.9 Å². The van der Waals surface area contributed by atoms with Gasteiger partial charge in [0.25, 0.3) is 0 Å². The largest absolute Gasteiger partial charge is 0.325 e. The van der Waals surface area contributed by atoms with E-state index in [2.05, 4.69) is 21.2 Å². The van der Waals surface area contributed by atoms with E-state index in [1.54, 1.807) is 12.1 Å². The van der Waals surface area contributed by atoms with E-state index < -0.39 is 20.9 Å². The van der Waals surface area contributed by atoms with Crippen molar-refractivity contribution < 1.29 is 18.0 Å². The summed E-state index contributed by atoms with van der Waals surface area (Å²) in [5, 5.41) is 1.56. The SMILES string of the molecule is CC(C(=O)c1cc2c(cc1Br)NC(=O)C2)S(C)(=O)=O. The van der Waals surface area contributed by atoms with Gasteiger partial charge in [0, 0.05) is 22.0 Å². The number of anilines is 1. The molecule has 0 saturated carbocycles. The molecule has 0 fully saturated rings. The maximum absolute atomic E-state index is 12.2. The fourth-order valence-electron chi connectivity index (χ4n) is 1.85. The van der Waals surface area contributed by atoms with Gasteiger partial charge in [-0.3, -0.25) is 9.59 Å². The molecule has 7 heteroatoms. The molecule has 1 atom stereocenters. The number of sulfone groups is 1. The average Bonchev–Trinajstić information content (AvgIpc) is 2.64. The van der Waals surface area contributed by atoms with Gasteiger partial charge in [0.1, 0.15) is 5.25 Å². The predicted molar refractivity (Wildman–Crippen MR) is 75.1 cm³/mol. The second kappa shape index (κ2) is 4.72. The lowest BCUT2D eigenvalue weighted by Gasteiger charge is -2.11. The van der Waals surface area contributed by atoms with Crippen LogP contribution < -0.4 is 5.32 Å². The molecule has 1 aromatic carbocycles. The summed E-state index contributed by atoms with van der Waals surface area (Å²) in [6, 6.07) is 3.20. The maximum atomic E-state index is 12.2. The van der Waals surface area contributed by atoms with Crippen LogP contribution in [-0.2, 0) is 21.1 Å².